The SMILES string of the molecule is OCCCCCCNCc1cnc[nH]1. The van der Waals surface area contributed by atoms with Crippen LogP contribution < -0.4 is 5.32 Å². The van der Waals surface area contributed by atoms with Gasteiger partial charge in [-0.25, -0.2) is 4.98 Å². The van der Waals surface area contributed by atoms with Crippen molar-refractivity contribution in [3.63, 3.8) is 0 Å². The first kappa shape index (κ1) is 11.2. The number of aromatic nitrogens is 2. The van der Waals surface area contributed by atoms with Gasteiger partial charge in [0, 0.05) is 25.0 Å². The van der Waals surface area contributed by atoms with Gasteiger partial charge in [0.25, 0.3) is 0 Å². The van der Waals surface area contributed by atoms with E-state index in [-0.39, 0.29) is 0 Å². The Hall–Kier alpha value is -0.870. The largest absolute Gasteiger partial charge is 0.396 e. The lowest BCUT2D eigenvalue weighted by Gasteiger charge is -2.02. The molecule has 1 heterocycles. The Balaban J connectivity index is 1.85. The first-order valence-corrected chi connectivity index (χ1v) is 5.22. The third kappa shape index (κ3) is 4.99. The van der Waals surface area contributed by atoms with Crippen LogP contribution in [0, 0.1) is 0 Å². The summed E-state index contributed by atoms with van der Waals surface area (Å²) in [5.74, 6) is 0. The number of aliphatic hydroxyl groups is 1. The third-order valence-corrected chi connectivity index (χ3v) is 2.13. The molecule has 0 atom stereocenters. The van der Waals surface area contributed by atoms with E-state index in [0.29, 0.717) is 6.61 Å². The van der Waals surface area contributed by atoms with E-state index in [9.17, 15) is 0 Å². The number of unbranched alkanes of at least 4 members (excludes halogenated alkanes) is 3. The normalized spacial score (nSPS) is 10.6. The topological polar surface area (TPSA) is 60.9 Å². The highest BCUT2D eigenvalue weighted by Crippen LogP contribution is 1.98. The molecule has 4 heteroatoms. The number of hydrogen-bond acceptors (Lipinski definition) is 3. The Kier molecular flexibility index (Phi) is 6.02. The predicted molar refractivity (Wildman–Crippen MR) is 55.8 cm³/mol. The van der Waals surface area contributed by atoms with Crippen molar-refractivity contribution in [2.75, 3.05) is 13.2 Å². The summed E-state index contributed by atoms with van der Waals surface area (Å²) >= 11 is 0. The van der Waals surface area contributed by atoms with E-state index in [4.69, 9.17) is 5.11 Å². The minimum Gasteiger partial charge on any atom is -0.396 e. The second kappa shape index (κ2) is 7.53. The van der Waals surface area contributed by atoms with E-state index in [1.807, 2.05) is 6.20 Å². The van der Waals surface area contributed by atoms with Gasteiger partial charge in [0.2, 0.25) is 0 Å². The molecule has 0 amide bonds. The highest BCUT2D eigenvalue weighted by atomic mass is 16.2. The van der Waals surface area contributed by atoms with Gasteiger partial charge >= 0.3 is 0 Å². The number of aliphatic hydroxyl groups excluding tert-OH is 1. The minimum atomic E-state index is 0.321. The molecule has 0 aliphatic rings. The molecule has 4 nitrogen and oxygen atoms in total. The van der Waals surface area contributed by atoms with E-state index >= 15 is 0 Å². The molecule has 0 aliphatic carbocycles. The van der Waals surface area contributed by atoms with E-state index < -0.39 is 0 Å². The highest BCUT2D eigenvalue weighted by molar-refractivity contribution is 4.92. The molecule has 80 valence electrons. The average Bonchev–Trinajstić information content (AvgIpc) is 2.69. The molecule has 14 heavy (non-hydrogen) atoms. The van der Waals surface area contributed by atoms with Crippen LogP contribution in [-0.2, 0) is 6.54 Å². The van der Waals surface area contributed by atoms with Crippen LogP contribution in [-0.4, -0.2) is 28.2 Å². The van der Waals surface area contributed by atoms with E-state index in [1.165, 1.54) is 12.8 Å². The molecular weight excluding hydrogens is 178 g/mol. The summed E-state index contributed by atoms with van der Waals surface area (Å²) in [4.78, 5) is 6.98. The van der Waals surface area contributed by atoms with Gasteiger partial charge in [-0.3, -0.25) is 0 Å². The molecule has 0 aliphatic heterocycles. The third-order valence-electron chi connectivity index (χ3n) is 2.13. The number of nitrogens with zero attached hydrogens (tertiary/aromatic N) is 1. The summed E-state index contributed by atoms with van der Waals surface area (Å²) in [6.45, 7) is 2.21. The molecule has 1 aromatic rings. The van der Waals surface area contributed by atoms with Gasteiger partial charge < -0.3 is 15.4 Å². The number of rotatable bonds is 8. The molecule has 0 unspecified atom stereocenters. The number of nitrogens with one attached hydrogen (secondary N) is 2. The van der Waals surface area contributed by atoms with E-state index in [0.717, 1.165) is 31.6 Å². The molecule has 0 spiro atoms. The molecule has 1 rings (SSSR count). The smallest absolute Gasteiger partial charge is 0.0922 e. The van der Waals surface area contributed by atoms with Crippen LogP contribution in [0.15, 0.2) is 12.5 Å². The Labute approximate surface area is 84.8 Å². The molecule has 0 aromatic carbocycles. The molecule has 0 radical (unpaired) electrons. The Bertz CT molecular complexity index is 211. The van der Waals surface area contributed by atoms with Crippen molar-refractivity contribution < 1.29 is 5.11 Å². The van der Waals surface area contributed by atoms with Gasteiger partial charge in [0.05, 0.1) is 6.33 Å². The van der Waals surface area contributed by atoms with Gasteiger partial charge in [-0.2, -0.15) is 0 Å². The van der Waals surface area contributed by atoms with E-state index in [2.05, 4.69) is 15.3 Å². The van der Waals surface area contributed by atoms with Crippen molar-refractivity contribution in [1.82, 2.24) is 15.3 Å². The maximum absolute atomic E-state index is 8.57. The molecule has 0 saturated carbocycles. The molecule has 1 aromatic heterocycles. The highest BCUT2D eigenvalue weighted by Gasteiger charge is 1.92. The van der Waals surface area contributed by atoms with Crippen molar-refractivity contribution in [3.8, 4) is 0 Å². The van der Waals surface area contributed by atoms with Crippen molar-refractivity contribution in [1.29, 1.82) is 0 Å². The van der Waals surface area contributed by atoms with Gasteiger partial charge in [0.15, 0.2) is 0 Å². The fourth-order valence-corrected chi connectivity index (χ4v) is 1.32. The summed E-state index contributed by atoms with van der Waals surface area (Å²) < 4.78 is 0. The van der Waals surface area contributed by atoms with Gasteiger partial charge in [-0.1, -0.05) is 12.8 Å². The average molecular weight is 197 g/mol. The number of imidazole rings is 1. The molecular formula is C10H19N3O. The standard InChI is InChI=1S/C10H19N3O/c14-6-4-2-1-3-5-11-7-10-8-12-9-13-10/h8-9,11,14H,1-7H2,(H,12,13). The fourth-order valence-electron chi connectivity index (χ4n) is 1.32. The van der Waals surface area contributed by atoms with Crippen LogP contribution in [0.3, 0.4) is 0 Å². The van der Waals surface area contributed by atoms with E-state index in [1.54, 1.807) is 6.33 Å². The molecule has 0 bridgehead atoms. The lowest BCUT2D eigenvalue weighted by atomic mass is 10.2. The first-order valence-electron chi connectivity index (χ1n) is 5.22. The maximum atomic E-state index is 8.57. The monoisotopic (exact) mass is 197 g/mol. The number of aromatic amines is 1. The first-order chi connectivity index (χ1) is 6.93. The van der Waals surface area contributed by atoms with Crippen LogP contribution in [0.2, 0.25) is 0 Å². The molecule has 3 N–H and O–H groups in total. The van der Waals surface area contributed by atoms with Crippen molar-refractivity contribution in [3.05, 3.63) is 18.2 Å². The van der Waals surface area contributed by atoms with Crippen molar-refractivity contribution in [2.45, 2.75) is 32.2 Å². The number of H-pyrrole nitrogens is 1. The molecule has 0 saturated heterocycles. The van der Waals surface area contributed by atoms with Gasteiger partial charge in [-0.05, 0) is 19.4 Å². The summed E-state index contributed by atoms with van der Waals surface area (Å²) in [7, 11) is 0. The van der Waals surface area contributed by atoms with Crippen LogP contribution in [0.4, 0.5) is 0 Å². The second-order valence-corrected chi connectivity index (χ2v) is 3.39. The van der Waals surface area contributed by atoms with Crippen LogP contribution in [0.1, 0.15) is 31.4 Å². The quantitative estimate of drug-likeness (QED) is 0.546. The second-order valence-electron chi connectivity index (χ2n) is 3.39. The van der Waals surface area contributed by atoms with Gasteiger partial charge in [0.1, 0.15) is 0 Å². The fraction of sp³-hybridized carbons (Fsp3) is 0.700. The predicted octanol–water partition coefficient (Wildman–Crippen LogP) is 1.05. The Morgan fingerprint density at radius 3 is 2.86 bits per heavy atom. The maximum Gasteiger partial charge on any atom is 0.0922 e. The number of hydrogen-bond donors (Lipinski definition) is 3. The minimum absolute atomic E-state index is 0.321. The summed E-state index contributed by atoms with van der Waals surface area (Å²) in [6, 6.07) is 0. The van der Waals surface area contributed by atoms with Crippen molar-refractivity contribution >= 4 is 0 Å². The lowest BCUT2D eigenvalue weighted by molar-refractivity contribution is 0.282. The van der Waals surface area contributed by atoms with Crippen LogP contribution in [0.5, 0.6) is 0 Å². The Morgan fingerprint density at radius 1 is 1.29 bits per heavy atom. The Morgan fingerprint density at radius 2 is 2.14 bits per heavy atom. The zero-order valence-electron chi connectivity index (χ0n) is 8.50. The van der Waals surface area contributed by atoms with Crippen LogP contribution in [0.25, 0.3) is 0 Å². The zero-order chi connectivity index (χ0) is 10.1. The summed E-state index contributed by atoms with van der Waals surface area (Å²) in [5, 5.41) is 11.9. The zero-order valence-corrected chi connectivity index (χ0v) is 8.50. The van der Waals surface area contributed by atoms with Crippen molar-refractivity contribution in [2.24, 2.45) is 0 Å². The summed E-state index contributed by atoms with van der Waals surface area (Å²) in [6.07, 6.45) is 7.95. The van der Waals surface area contributed by atoms with Crippen LogP contribution >= 0.6 is 0 Å². The lowest BCUT2D eigenvalue weighted by Crippen LogP contribution is -2.14. The van der Waals surface area contributed by atoms with Gasteiger partial charge in [-0.15, -0.1) is 0 Å². The summed E-state index contributed by atoms with van der Waals surface area (Å²) in [5.41, 5.74) is 1.13. The molecule has 0 fully saturated rings.